The summed E-state index contributed by atoms with van der Waals surface area (Å²) >= 11 is 6.00. The predicted molar refractivity (Wildman–Crippen MR) is 99.9 cm³/mol. The Morgan fingerprint density at radius 2 is 1.96 bits per heavy atom. The van der Waals surface area contributed by atoms with Crippen molar-refractivity contribution in [3.63, 3.8) is 0 Å². The van der Waals surface area contributed by atoms with E-state index in [2.05, 4.69) is 15.6 Å². The third-order valence-corrected chi connectivity index (χ3v) is 3.80. The third kappa shape index (κ3) is 4.10. The smallest absolute Gasteiger partial charge is 0.259 e. The Hall–Kier alpha value is -3.12. The highest BCUT2D eigenvalue weighted by Crippen LogP contribution is 2.30. The van der Waals surface area contributed by atoms with Crippen LogP contribution in [0.3, 0.4) is 0 Å². The van der Waals surface area contributed by atoms with Crippen molar-refractivity contribution in [2.45, 2.75) is 0 Å². The van der Waals surface area contributed by atoms with Gasteiger partial charge >= 0.3 is 0 Å². The van der Waals surface area contributed by atoms with E-state index >= 15 is 0 Å². The van der Waals surface area contributed by atoms with Crippen LogP contribution in [-0.2, 0) is 0 Å². The minimum atomic E-state index is -0.587. The fraction of sp³-hybridized carbons (Fsp3) is 0.0526. The first-order valence-electron chi connectivity index (χ1n) is 7.69. The van der Waals surface area contributed by atoms with Crippen LogP contribution in [0.2, 0.25) is 5.02 Å². The van der Waals surface area contributed by atoms with Gasteiger partial charge in [-0.15, -0.1) is 0 Å². The molecule has 1 amide bonds. The highest BCUT2D eigenvalue weighted by atomic mass is 35.5. The number of aromatic nitrogens is 1. The van der Waals surface area contributed by atoms with Gasteiger partial charge in [0, 0.05) is 5.02 Å². The normalized spacial score (nSPS) is 10.3. The van der Waals surface area contributed by atoms with E-state index in [1.807, 2.05) is 0 Å². The summed E-state index contributed by atoms with van der Waals surface area (Å²) in [6.07, 6.45) is 1.54. The summed E-state index contributed by atoms with van der Waals surface area (Å²) in [6.45, 7) is 0. The molecule has 1 heterocycles. The Labute approximate surface area is 154 Å². The topological polar surface area (TPSA) is 63.2 Å². The van der Waals surface area contributed by atoms with Crippen LogP contribution in [0.1, 0.15) is 10.4 Å². The number of rotatable bonds is 5. The van der Waals surface area contributed by atoms with Crippen LogP contribution in [0.15, 0.2) is 60.8 Å². The molecule has 2 aromatic carbocycles. The lowest BCUT2D eigenvalue weighted by molar-refractivity contribution is 0.102. The Bertz CT molecular complexity index is 932. The summed E-state index contributed by atoms with van der Waals surface area (Å²) in [7, 11) is 1.56. The van der Waals surface area contributed by atoms with Crippen LogP contribution < -0.4 is 15.4 Å². The van der Waals surface area contributed by atoms with Gasteiger partial charge in [0.2, 0.25) is 0 Å². The molecule has 0 aliphatic carbocycles. The van der Waals surface area contributed by atoms with Crippen LogP contribution in [-0.4, -0.2) is 18.0 Å². The third-order valence-electron chi connectivity index (χ3n) is 3.56. The van der Waals surface area contributed by atoms with E-state index in [1.54, 1.807) is 43.5 Å². The van der Waals surface area contributed by atoms with Crippen LogP contribution in [0.5, 0.6) is 5.75 Å². The second-order valence-electron chi connectivity index (χ2n) is 5.34. The maximum atomic E-state index is 13.6. The van der Waals surface area contributed by atoms with Crippen molar-refractivity contribution in [2.24, 2.45) is 0 Å². The molecule has 0 bridgehead atoms. The largest absolute Gasteiger partial charge is 0.495 e. The number of halogens is 2. The van der Waals surface area contributed by atoms with Gasteiger partial charge < -0.3 is 15.4 Å². The number of nitrogens with one attached hydrogen (secondary N) is 2. The van der Waals surface area contributed by atoms with Crippen molar-refractivity contribution in [2.75, 3.05) is 17.7 Å². The number of benzene rings is 2. The summed E-state index contributed by atoms with van der Waals surface area (Å²) < 4.78 is 18.9. The molecule has 0 unspecified atom stereocenters. The molecule has 5 nitrogen and oxygen atoms in total. The minimum absolute atomic E-state index is 0.0415. The Kier molecular flexibility index (Phi) is 5.34. The van der Waals surface area contributed by atoms with E-state index in [0.29, 0.717) is 28.0 Å². The molecule has 0 radical (unpaired) electrons. The zero-order valence-electron chi connectivity index (χ0n) is 13.8. The predicted octanol–water partition coefficient (Wildman–Crippen LogP) is 4.88. The summed E-state index contributed by atoms with van der Waals surface area (Å²) in [5.41, 5.74) is 1.32. The number of pyridine rings is 1. The number of nitrogens with zero attached hydrogens (tertiary/aromatic N) is 1. The molecule has 0 aliphatic rings. The molecule has 0 aliphatic heterocycles. The van der Waals surface area contributed by atoms with Crippen LogP contribution in [0, 0.1) is 5.82 Å². The first kappa shape index (κ1) is 17.7. The lowest BCUT2D eigenvalue weighted by atomic mass is 10.2. The van der Waals surface area contributed by atoms with Gasteiger partial charge in [-0.3, -0.25) is 4.79 Å². The van der Waals surface area contributed by atoms with Gasteiger partial charge in [-0.05, 0) is 42.5 Å². The maximum Gasteiger partial charge on any atom is 0.259 e. The minimum Gasteiger partial charge on any atom is -0.495 e. The number of hydrogen-bond acceptors (Lipinski definition) is 4. The summed E-state index contributed by atoms with van der Waals surface area (Å²) in [4.78, 5) is 16.3. The quantitative estimate of drug-likeness (QED) is 0.671. The van der Waals surface area contributed by atoms with E-state index < -0.39 is 11.7 Å². The molecule has 2 N–H and O–H groups in total. The highest BCUT2D eigenvalue weighted by Gasteiger charge is 2.11. The maximum absolute atomic E-state index is 13.6. The SMILES string of the molecule is COc1ccc(Cl)cc1Nc1ccc(NC(=O)c2ccccc2F)nc1. The molecular formula is C19H15ClFN3O2. The molecule has 0 spiro atoms. The van der Waals surface area contributed by atoms with Crippen molar-refractivity contribution >= 4 is 34.7 Å². The molecule has 7 heteroatoms. The van der Waals surface area contributed by atoms with Gasteiger partial charge in [-0.25, -0.2) is 9.37 Å². The zero-order valence-corrected chi connectivity index (χ0v) is 14.5. The number of amides is 1. The van der Waals surface area contributed by atoms with Crippen molar-refractivity contribution in [1.29, 1.82) is 0 Å². The van der Waals surface area contributed by atoms with E-state index in [9.17, 15) is 9.18 Å². The first-order chi connectivity index (χ1) is 12.6. The molecule has 0 saturated carbocycles. The summed E-state index contributed by atoms with van der Waals surface area (Å²) in [5, 5.41) is 6.26. The molecule has 0 atom stereocenters. The van der Waals surface area contributed by atoms with E-state index in [4.69, 9.17) is 16.3 Å². The average molecular weight is 372 g/mol. The van der Waals surface area contributed by atoms with Gasteiger partial charge in [0.15, 0.2) is 0 Å². The van der Waals surface area contributed by atoms with Gasteiger partial charge in [0.05, 0.1) is 30.2 Å². The van der Waals surface area contributed by atoms with Gasteiger partial charge in [0.25, 0.3) is 5.91 Å². The molecule has 132 valence electrons. The molecule has 26 heavy (non-hydrogen) atoms. The Morgan fingerprint density at radius 1 is 1.15 bits per heavy atom. The Balaban J connectivity index is 1.72. The fourth-order valence-electron chi connectivity index (χ4n) is 2.30. The summed E-state index contributed by atoms with van der Waals surface area (Å²) in [6, 6.07) is 14.3. The fourth-order valence-corrected chi connectivity index (χ4v) is 2.48. The van der Waals surface area contributed by atoms with E-state index in [-0.39, 0.29) is 5.56 Å². The molecule has 3 rings (SSSR count). The number of ether oxygens (including phenoxy) is 1. The summed E-state index contributed by atoms with van der Waals surface area (Å²) in [5.74, 6) is -0.211. The van der Waals surface area contributed by atoms with Crippen molar-refractivity contribution < 1.29 is 13.9 Å². The number of anilines is 3. The van der Waals surface area contributed by atoms with Crippen LogP contribution >= 0.6 is 11.6 Å². The average Bonchev–Trinajstić information content (AvgIpc) is 2.64. The molecule has 3 aromatic rings. The standard InChI is InChI=1S/C19H15ClFN3O2/c1-26-17-8-6-12(20)10-16(17)23-13-7-9-18(22-11-13)24-19(25)14-4-2-3-5-15(14)21/h2-11,23H,1H3,(H,22,24,25). The molecule has 0 fully saturated rings. The van der Waals surface area contributed by atoms with Gasteiger partial charge in [-0.1, -0.05) is 23.7 Å². The second kappa shape index (κ2) is 7.84. The number of methoxy groups -OCH3 is 1. The molecule has 1 aromatic heterocycles. The zero-order chi connectivity index (χ0) is 18.5. The van der Waals surface area contributed by atoms with Crippen molar-refractivity contribution in [3.8, 4) is 5.75 Å². The molecular weight excluding hydrogens is 357 g/mol. The van der Waals surface area contributed by atoms with Crippen LogP contribution in [0.25, 0.3) is 0 Å². The lowest BCUT2D eigenvalue weighted by Crippen LogP contribution is -2.14. The molecule has 0 saturated heterocycles. The van der Waals surface area contributed by atoms with E-state index in [1.165, 1.54) is 24.4 Å². The van der Waals surface area contributed by atoms with Crippen LogP contribution in [0.4, 0.5) is 21.6 Å². The van der Waals surface area contributed by atoms with Crippen molar-refractivity contribution in [3.05, 3.63) is 77.2 Å². The highest BCUT2D eigenvalue weighted by molar-refractivity contribution is 6.31. The second-order valence-corrected chi connectivity index (χ2v) is 5.77. The van der Waals surface area contributed by atoms with E-state index in [0.717, 1.165) is 0 Å². The Morgan fingerprint density at radius 3 is 2.65 bits per heavy atom. The van der Waals surface area contributed by atoms with Gasteiger partial charge in [-0.2, -0.15) is 0 Å². The lowest BCUT2D eigenvalue weighted by Gasteiger charge is -2.12. The number of hydrogen-bond donors (Lipinski definition) is 2. The first-order valence-corrected chi connectivity index (χ1v) is 8.07. The number of carbonyl (C=O) groups excluding carboxylic acids is 1. The van der Waals surface area contributed by atoms with Gasteiger partial charge in [0.1, 0.15) is 17.4 Å². The van der Waals surface area contributed by atoms with Crippen molar-refractivity contribution in [1.82, 2.24) is 4.98 Å². The monoisotopic (exact) mass is 371 g/mol. The number of carbonyl (C=O) groups is 1.